The number of carbonyl (C=O) groups excluding carboxylic acids is 1. The fourth-order valence-corrected chi connectivity index (χ4v) is 3.88. The Labute approximate surface area is 172 Å². The lowest BCUT2D eigenvalue weighted by molar-refractivity contribution is -0.138. The molecule has 0 spiro atoms. The second-order valence-corrected chi connectivity index (χ2v) is 7.74. The van der Waals surface area contributed by atoms with E-state index in [4.69, 9.17) is 4.74 Å². The van der Waals surface area contributed by atoms with Gasteiger partial charge in [-0.25, -0.2) is 9.97 Å². The molecule has 1 aliphatic rings. The van der Waals surface area contributed by atoms with Crippen LogP contribution in [0.4, 0.5) is 5.95 Å². The Morgan fingerprint density at radius 1 is 1.24 bits per heavy atom. The Hall–Kier alpha value is -2.54. The van der Waals surface area contributed by atoms with E-state index in [1.807, 2.05) is 31.0 Å². The first-order chi connectivity index (χ1) is 14.1. The second-order valence-electron chi connectivity index (χ2n) is 7.74. The highest BCUT2D eigenvalue weighted by Crippen LogP contribution is 2.30. The van der Waals surface area contributed by atoms with E-state index in [0.29, 0.717) is 25.5 Å². The van der Waals surface area contributed by atoms with E-state index in [-0.39, 0.29) is 24.0 Å². The molecule has 156 valence electrons. The molecule has 2 aromatic rings. The number of nitrogens with zero attached hydrogens (tertiary/aromatic N) is 4. The summed E-state index contributed by atoms with van der Waals surface area (Å²) >= 11 is 0. The predicted octanol–water partition coefficient (Wildman–Crippen LogP) is 3.21. The third kappa shape index (κ3) is 5.97. The maximum absolute atomic E-state index is 13.1. The average molecular weight is 398 g/mol. The van der Waals surface area contributed by atoms with Crippen molar-refractivity contribution in [3.05, 3.63) is 48.0 Å². The van der Waals surface area contributed by atoms with Gasteiger partial charge in [-0.15, -0.1) is 0 Å². The van der Waals surface area contributed by atoms with Gasteiger partial charge < -0.3 is 15.0 Å². The number of ether oxygens (including phenoxy) is 1. The Balaban J connectivity index is 1.62. The summed E-state index contributed by atoms with van der Waals surface area (Å²) in [5, 5.41) is 3.40. The van der Waals surface area contributed by atoms with Gasteiger partial charge in [-0.3, -0.25) is 9.78 Å². The zero-order valence-corrected chi connectivity index (χ0v) is 17.5. The van der Waals surface area contributed by atoms with Crippen molar-refractivity contribution < 1.29 is 9.53 Å². The van der Waals surface area contributed by atoms with Crippen LogP contribution in [0.25, 0.3) is 0 Å². The molecule has 0 saturated heterocycles. The summed E-state index contributed by atoms with van der Waals surface area (Å²) in [6.45, 7) is 5.34. The van der Waals surface area contributed by atoms with Gasteiger partial charge in [0.25, 0.3) is 0 Å². The zero-order chi connectivity index (χ0) is 20.6. The molecule has 1 fully saturated rings. The number of amides is 1. The highest BCUT2D eigenvalue weighted by molar-refractivity contribution is 5.78. The number of aryl methyl sites for hydroxylation is 1. The van der Waals surface area contributed by atoms with Crippen LogP contribution >= 0.6 is 0 Å². The van der Waals surface area contributed by atoms with Crippen molar-refractivity contribution >= 4 is 11.9 Å². The highest BCUT2D eigenvalue weighted by atomic mass is 16.5. The van der Waals surface area contributed by atoms with E-state index in [1.165, 1.54) is 0 Å². The van der Waals surface area contributed by atoms with Crippen LogP contribution in [0, 0.1) is 12.8 Å². The van der Waals surface area contributed by atoms with Crippen molar-refractivity contribution in [2.75, 3.05) is 19.0 Å². The standard InChI is InChI=1S/C22H31N5O2/c1-4-12-29-20-14-18(6-7-19(20)26-22-24-9-5-10-25-22)21(28)27(3)15-17-8-11-23-16(2)13-17/h5,8-11,13,18-20H,4,6-7,12,14-15H2,1-3H3,(H,24,25,26)/t18-,19-,20-/m0/s1. The minimum absolute atomic E-state index is 0.0282. The van der Waals surface area contributed by atoms with Crippen molar-refractivity contribution in [2.24, 2.45) is 5.92 Å². The minimum Gasteiger partial charge on any atom is -0.376 e. The average Bonchev–Trinajstić information content (AvgIpc) is 2.73. The summed E-state index contributed by atoms with van der Waals surface area (Å²) < 4.78 is 6.11. The number of carbonyl (C=O) groups is 1. The number of hydrogen-bond acceptors (Lipinski definition) is 6. The molecular weight excluding hydrogens is 366 g/mol. The summed E-state index contributed by atoms with van der Waals surface area (Å²) in [4.78, 5) is 27.7. The van der Waals surface area contributed by atoms with Gasteiger partial charge in [-0.05, 0) is 56.4 Å². The van der Waals surface area contributed by atoms with Crippen LogP contribution in [-0.4, -0.2) is 51.6 Å². The monoisotopic (exact) mass is 397 g/mol. The Kier molecular flexibility index (Phi) is 7.52. The largest absolute Gasteiger partial charge is 0.376 e. The predicted molar refractivity (Wildman–Crippen MR) is 112 cm³/mol. The van der Waals surface area contributed by atoms with E-state index >= 15 is 0 Å². The number of rotatable bonds is 8. The van der Waals surface area contributed by atoms with Gasteiger partial charge in [-0.1, -0.05) is 6.92 Å². The van der Waals surface area contributed by atoms with E-state index in [0.717, 1.165) is 30.5 Å². The summed E-state index contributed by atoms with van der Waals surface area (Å²) in [5.74, 6) is 0.760. The van der Waals surface area contributed by atoms with Crippen LogP contribution in [0.15, 0.2) is 36.8 Å². The maximum Gasteiger partial charge on any atom is 0.225 e. The fraction of sp³-hybridized carbons (Fsp3) is 0.545. The molecule has 7 nitrogen and oxygen atoms in total. The minimum atomic E-state index is -0.0296. The normalized spacial score (nSPS) is 21.6. The first kappa shape index (κ1) is 21.2. The lowest BCUT2D eigenvalue weighted by atomic mass is 9.83. The molecular formula is C22H31N5O2. The van der Waals surface area contributed by atoms with Crippen LogP contribution in [0.1, 0.15) is 43.9 Å². The molecule has 2 heterocycles. The summed E-state index contributed by atoms with van der Waals surface area (Å²) in [5.41, 5.74) is 2.06. The van der Waals surface area contributed by atoms with Gasteiger partial charge in [0.15, 0.2) is 0 Å². The molecule has 1 N–H and O–H groups in total. The second kappa shape index (κ2) is 10.3. The maximum atomic E-state index is 13.1. The van der Waals surface area contributed by atoms with E-state index in [1.54, 1.807) is 24.7 Å². The van der Waals surface area contributed by atoms with Crippen molar-refractivity contribution in [1.82, 2.24) is 19.9 Å². The summed E-state index contributed by atoms with van der Waals surface area (Å²) in [6, 6.07) is 5.90. The molecule has 1 saturated carbocycles. The third-order valence-electron chi connectivity index (χ3n) is 5.31. The molecule has 29 heavy (non-hydrogen) atoms. The zero-order valence-electron chi connectivity index (χ0n) is 17.5. The Morgan fingerprint density at radius 2 is 2.03 bits per heavy atom. The Bertz CT molecular complexity index is 786. The number of aromatic nitrogens is 3. The van der Waals surface area contributed by atoms with Gasteiger partial charge in [-0.2, -0.15) is 0 Å². The van der Waals surface area contributed by atoms with Gasteiger partial charge in [0.2, 0.25) is 11.9 Å². The van der Waals surface area contributed by atoms with Crippen LogP contribution in [0.3, 0.4) is 0 Å². The molecule has 0 bridgehead atoms. The smallest absolute Gasteiger partial charge is 0.225 e. The van der Waals surface area contributed by atoms with Crippen LogP contribution < -0.4 is 5.32 Å². The van der Waals surface area contributed by atoms with Crippen molar-refractivity contribution in [3.8, 4) is 0 Å². The van der Waals surface area contributed by atoms with Gasteiger partial charge in [0.05, 0.1) is 12.1 Å². The first-order valence-electron chi connectivity index (χ1n) is 10.4. The summed E-state index contributed by atoms with van der Waals surface area (Å²) in [7, 11) is 1.88. The molecule has 3 rings (SSSR count). The SMILES string of the molecule is CCCO[C@H]1C[C@@H](C(=O)N(C)Cc2ccnc(C)c2)CC[C@@H]1Nc1ncccn1. The molecule has 1 amide bonds. The number of nitrogens with one attached hydrogen (secondary N) is 1. The van der Waals surface area contributed by atoms with Crippen molar-refractivity contribution in [1.29, 1.82) is 0 Å². The molecule has 7 heteroatoms. The topological polar surface area (TPSA) is 80.2 Å². The van der Waals surface area contributed by atoms with Crippen molar-refractivity contribution in [3.63, 3.8) is 0 Å². The molecule has 2 aromatic heterocycles. The van der Waals surface area contributed by atoms with Crippen LogP contribution in [-0.2, 0) is 16.1 Å². The lowest BCUT2D eigenvalue weighted by Crippen LogP contribution is -2.45. The molecule has 0 unspecified atom stereocenters. The molecule has 3 atom stereocenters. The number of pyridine rings is 1. The van der Waals surface area contributed by atoms with Gasteiger partial charge in [0, 0.05) is 50.4 Å². The first-order valence-corrected chi connectivity index (χ1v) is 10.4. The van der Waals surface area contributed by atoms with Gasteiger partial charge >= 0.3 is 0 Å². The third-order valence-corrected chi connectivity index (χ3v) is 5.31. The van der Waals surface area contributed by atoms with E-state index in [2.05, 4.69) is 27.2 Å². The number of hydrogen-bond donors (Lipinski definition) is 1. The molecule has 0 aliphatic heterocycles. The van der Waals surface area contributed by atoms with Gasteiger partial charge in [0.1, 0.15) is 0 Å². The summed E-state index contributed by atoms with van der Waals surface area (Å²) in [6.07, 6.45) is 8.55. The molecule has 0 radical (unpaired) electrons. The van der Waals surface area contributed by atoms with Crippen LogP contribution in [0.2, 0.25) is 0 Å². The quantitative estimate of drug-likeness (QED) is 0.737. The van der Waals surface area contributed by atoms with E-state index < -0.39 is 0 Å². The van der Waals surface area contributed by atoms with E-state index in [9.17, 15) is 4.79 Å². The fourth-order valence-electron chi connectivity index (χ4n) is 3.88. The van der Waals surface area contributed by atoms with Crippen molar-refractivity contribution in [2.45, 2.75) is 58.2 Å². The van der Waals surface area contributed by atoms with Crippen LogP contribution in [0.5, 0.6) is 0 Å². The Morgan fingerprint density at radius 3 is 2.76 bits per heavy atom. The molecule has 1 aliphatic carbocycles. The number of anilines is 1. The molecule has 0 aromatic carbocycles. The lowest BCUT2D eigenvalue weighted by Gasteiger charge is -2.37. The highest BCUT2D eigenvalue weighted by Gasteiger charge is 2.36.